The summed E-state index contributed by atoms with van der Waals surface area (Å²) in [6.07, 6.45) is 0. The molecular weight excluding hydrogens is 729 g/mol. The van der Waals surface area contributed by atoms with Crippen molar-refractivity contribution in [1.29, 1.82) is 0 Å². The summed E-state index contributed by atoms with van der Waals surface area (Å²) < 4.78 is 12.8. The van der Waals surface area contributed by atoms with E-state index in [4.69, 9.17) is 9.40 Å². The molecule has 0 saturated heterocycles. The monoisotopic (exact) mass is 756 g/mol. The normalized spacial score (nSPS) is 12.0. The number of rotatable bonds is 5. The average molecular weight is 757 g/mol. The number of thiophene rings is 2. The zero-order valence-corrected chi connectivity index (χ0v) is 31.6. The smallest absolute Gasteiger partial charge is 0.137 e. The van der Waals surface area contributed by atoms with Gasteiger partial charge in [0.1, 0.15) is 16.2 Å². The van der Waals surface area contributed by atoms with Gasteiger partial charge in [-0.15, -0.1) is 34.0 Å². The molecule has 12 rings (SSSR count). The van der Waals surface area contributed by atoms with Crippen LogP contribution in [0.5, 0.6) is 0 Å². The molecule has 0 saturated carbocycles. The first-order valence-corrected chi connectivity index (χ1v) is 20.7. The molecule has 0 fully saturated rings. The van der Waals surface area contributed by atoms with E-state index in [0.717, 1.165) is 55.1 Å². The van der Waals surface area contributed by atoms with Gasteiger partial charge < -0.3 is 9.32 Å². The molecule has 0 bridgehead atoms. The van der Waals surface area contributed by atoms with E-state index in [1.807, 2.05) is 34.8 Å². The van der Waals surface area contributed by atoms with Crippen molar-refractivity contribution in [2.75, 3.05) is 4.90 Å². The quantitative estimate of drug-likeness (QED) is 0.175. The Morgan fingerprint density at radius 3 is 1.95 bits per heavy atom. The van der Waals surface area contributed by atoms with E-state index in [1.54, 1.807) is 11.3 Å². The van der Waals surface area contributed by atoms with Crippen molar-refractivity contribution >= 4 is 124 Å². The van der Waals surface area contributed by atoms with Gasteiger partial charge in [0.05, 0.1) is 10.2 Å². The summed E-state index contributed by atoms with van der Waals surface area (Å²) in [6.45, 7) is 0. The third-order valence-corrected chi connectivity index (χ3v) is 14.1. The molecule has 258 valence electrons. The van der Waals surface area contributed by atoms with Crippen molar-refractivity contribution < 1.29 is 4.42 Å². The van der Waals surface area contributed by atoms with Crippen molar-refractivity contribution in [2.45, 2.75) is 0 Å². The highest BCUT2D eigenvalue weighted by molar-refractivity contribution is 7.28. The van der Waals surface area contributed by atoms with Gasteiger partial charge in [0.15, 0.2) is 0 Å². The molecule has 0 aliphatic carbocycles. The number of anilines is 3. The van der Waals surface area contributed by atoms with Gasteiger partial charge in [-0.25, -0.2) is 4.98 Å². The van der Waals surface area contributed by atoms with Crippen molar-refractivity contribution in [2.24, 2.45) is 0 Å². The van der Waals surface area contributed by atoms with Crippen molar-refractivity contribution in [3.8, 4) is 21.7 Å². The van der Waals surface area contributed by atoms with Crippen LogP contribution in [-0.4, -0.2) is 4.98 Å². The summed E-state index contributed by atoms with van der Waals surface area (Å²) in [5, 5.41) is 8.52. The van der Waals surface area contributed by atoms with Crippen LogP contribution >= 0.6 is 34.0 Å². The molecule has 6 heteroatoms. The predicted molar refractivity (Wildman–Crippen MR) is 238 cm³/mol. The van der Waals surface area contributed by atoms with Crippen LogP contribution in [-0.2, 0) is 0 Å². The Hall–Kier alpha value is -6.31. The van der Waals surface area contributed by atoms with Gasteiger partial charge in [0.25, 0.3) is 0 Å². The minimum absolute atomic E-state index is 0.881. The van der Waals surface area contributed by atoms with Crippen molar-refractivity contribution in [1.82, 2.24) is 4.98 Å². The Morgan fingerprint density at radius 2 is 1.05 bits per heavy atom. The van der Waals surface area contributed by atoms with Crippen LogP contribution in [0.4, 0.5) is 17.1 Å². The third kappa shape index (κ3) is 4.96. The number of hydrogen-bond donors (Lipinski definition) is 0. The Balaban J connectivity index is 0.956. The highest BCUT2D eigenvalue weighted by atomic mass is 32.1. The second kappa shape index (κ2) is 12.1. The molecule has 4 aromatic heterocycles. The van der Waals surface area contributed by atoms with E-state index < -0.39 is 0 Å². The minimum Gasteiger partial charge on any atom is -0.456 e. The fraction of sp³-hybridized carbons (Fsp3) is 0. The maximum Gasteiger partial charge on any atom is 0.137 e. The molecule has 4 heterocycles. The highest BCUT2D eigenvalue weighted by Gasteiger charge is 2.18. The summed E-state index contributed by atoms with van der Waals surface area (Å²) in [5.41, 5.74) is 9.65. The van der Waals surface area contributed by atoms with Crippen molar-refractivity contribution in [3.05, 3.63) is 170 Å². The van der Waals surface area contributed by atoms with Gasteiger partial charge in [-0.2, -0.15) is 0 Å². The number of benzene rings is 8. The van der Waals surface area contributed by atoms with Gasteiger partial charge in [-0.3, -0.25) is 0 Å². The van der Waals surface area contributed by atoms with E-state index in [0.29, 0.717) is 0 Å². The second-order valence-corrected chi connectivity index (χ2v) is 17.1. The molecule has 0 radical (unpaired) electrons. The number of hydrogen-bond acceptors (Lipinski definition) is 6. The van der Waals surface area contributed by atoms with Crippen LogP contribution < -0.4 is 4.90 Å². The molecule has 0 unspecified atom stereocenters. The lowest BCUT2D eigenvalue weighted by molar-refractivity contribution is 0.669. The van der Waals surface area contributed by atoms with Crippen LogP contribution in [0.3, 0.4) is 0 Å². The number of aromatic nitrogens is 1. The fourth-order valence-electron chi connectivity index (χ4n) is 8.09. The van der Waals surface area contributed by atoms with Crippen LogP contribution in [0.1, 0.15) is 0 Å². The molecule has 0 atom stereocenters. The maximum atomic E-state index is 6.38. The first-order chi connectivity index (χ1) is 27.2. The lowest BCUT2D eigenvalue weighted by Gasteiger charge is -2.26. The third-order valence-electron chi connectivity index (χ3n) is 10.7. The molecule has 55 heavy (non-hydrogen) atoms. The molecular formula is C49H28N2OS3. The highest BCUT2D eigenvalue weighted by Crippen LogP contribution is 2.45. The Morgan fingerprint density at radius 1 is 0.400 bits per heavy atom. The molecule has 0 aliphatic rings. The van der Waals surface area contributed by atoms with Crippen LogP contribution in [0.15, 0.2) is 174 Å². The minimum atomic E-state index is 0.881. The zero-order valence-electron chi connectivity index (χ0n) is 29.2. The van der Waals surface area contributed by atoms with E-state index in [9.17, 15) is 0 Å². The lowest BCUT2D eigenvalue weighted by Crippen LogP contribution is -2.09. The zero-order chi connectivity index (χ0) is 36.0. The Labute approximate surface area is 327 Å². The summed E-state index contributed by atoms with van der Waals surface area (Å²) in [6, 6.07) is 61.2. The molecule has 3 nitrogen and oxygen atoms in total. The lowest BCUT2D eigenvalue weighted by atomic mass is 10.0. The van der Waals surface area contributed by atoms with Crippen LogP contribution in [0.25, 0.3) is 94.2 Å². The largest absolute Gasteiger partial charge is 0.456 e. The van der Waals surface area contributed by atoms with Crippen LogP contribution in [0.2, 0.25) is 0 Å². The number of furan rings is 1. The SMILES string of the molecule is c1ccc(-c2nc3ccc4sc5cc(-c6ccc(N(c7ccc8c(c7)oc7ccccc78)c7ccc8c(c7)sc7ccccc78)cc6)ccc5c4c3s2)cc1. The fourth-order valence-corrected chi connectivity index (χ4v) is 11.6. The van der Waals surface area contributed by atoms with Crippen molar-refractivity contribution in [3.63, 3.8) is 0 Å². The Kier molecular flexibility index (Phi) is 6.84. The van der Waals surface area contributed by atoms with E-state index in [1.165, 1.54) is 56.2 Å². The van der Waals surface area contributed by atoms with Gasteiger partial charge >= 0.3 is 0 Å². The summed E-state index contributed by atoms with van der Waals surface area (Å²) >= 11 is 5.49. The molecule has 12 aromatic rings. The van der Waals surface area contributed by atoms with Gasteiger partial charge in [0.2, 0.25) is 0 Å². The molecule has 0 aliphatic heterocycles. The summed E-state index contributed by atoms with van der Waals surface area (Å²) in [7, 11) is 0. The van der Waals surface area contributed by atoms with Gasteiger partial charge in [0, 0.05) is 79.8 Å². The number of fused-ring (bicyclic) bond motifs is 11. The topological polar surface area (TPSA) is 29.3 Å². The molecule has 0 amide bonds. The van der Waals surface area contributed by atoms with Gasteiger partial charge in [-0.05, 0) is 77.9 Å². The summed E-state index contributed by atoms with van der Waals surface area (Å²) in [4.78, 5) is 7.36. The molecule has 8 aromatic carbocycles. The first-order valence-electron chi connectivity index (χ1n) is 18.3. The standard InChI is InChI=1S/C49H28N2OS3/c1-2-8-30(9-3-1)49-50-40-24-25-44-47(48(40)55-49)39-21-16-31(26-45(39)54-44)29-14-17-32(18-15-29)51(33-19-22-36-35-10-4-6-12-41(35)52-42(36)27-33)34-20-23-38-37-11-5-7-13-43(37)53-46(38)28-34/h1-28H. The number of nitrogens with zero attached hydrogens (tertiary/aromatic N) is 2. The average Bonchev–Trinajstić information content (AvgIpc) is 4.02. The Bertz CT molecular complexity index is 3330. The maximum absolute atomic E-state index is 6.38. The predicted octanol–water partition coefficient (Wildman–Crippen LogP) is 15.7. The number of para-hydroxylation sites is 1. The van der Waals surface area contributed by atoms with Gasteiger partial charge in [-0.1, -0.05) is 97.1 Å². The summed E-state index contributed by atoms with van der Waals surface area (Å²) in [5.74, 6) is 0. The molecule has 0 spiro atoms. The first kappa shape index (κ1) is 31.1. The van der Waals surface area contributed by atoms with E-state index in [2.05, 4.69) is 163 Å². The van der Waals surface area contributed by atoms with Crippen LogP contribution in [0, 0.1) is 0 Å². The second-order valence-electron chi connectivity index (χ2n) is 13.9. The number of thiazole rings is 1. The van der Waals surface area contributed by atoms with E-state index in [-0.39, 0.29) is 0 Å². The molecule has 0 N–H and O–H groups in total. The van der Waals surface area contributed by atoms with E-state index >= 15 is 0 Å².